The van der Waals surface area contributed by atoms with Gasteiger partial charge >= 0.3 is 0 Å². The fraction of sp³-hybridized carbons (Fsp3) is 0.133. The Morgan fingerprint density at radius 3 is 1.42 bits per heavy atom. The second-order valence-electron chi connectivity index (χ2n) is 4.36. The van der Waals surface area contributed by atoms with Gasteiger partial charge in [0.1, 0.15) is 0 Å². The number of hydrogen-bond acceptors (Lipinski definition) is 2. The van der Waals surface area contributed by atoms with Crippen molar-refractivity contribution in [2.45, 2.75) is 0 Å². The maximum absolute atomic E-state index is 5.90. The molecule has 2 aromatic carbocycles. The molecule has 3 rings (SSSR count). The third-order valence-corrected chi connectivity index (χ3v) is 3.57. The molecule has 0 N–H and O–H groups in total. The van der Waals surface area contributed by atoms with Crippen LogP contribution in [0.2, 0.25) is 10.0 Å². The summed E-state index contributed by atoms with van der Waals surface area (Å²) in [4.78, 5) is 4.18. The summed E-state index contributed by atoms with van der Waals surface area (Å²) in [7, 11) is 0. The lowest BCUT2D eigenvalue weighted by molar-refractivity contribution is 1.02. The van der Waals surface area contributed by atoms with E-state index in [0.717, 1.165) is 34.5 Å². The standard InChI is InChI=1S/C15H12Cl2N2/c16-12-1-5-14(6-2-12)18-9-10-19(11-18)15-7-3-13(17)4-8-15/h1-8H,9-10H2. The fourth-order valence-corrected chi connectivity index (χ4v) is 2.31. The van der Waals surface area contributed by atoms with Crippen molar-refractivity contribution < 1.29 is 0 Å². The van der Waals surface area contributed by atoms with Crippen LogP contribution in [0.15, 0.2) is 48.5 Å². The molecule has 4 heteroatoms. The van der Waals surface area contributed by atoms with Crippen LogP contribution < -0.4 is 9.80 Å². The van der Waals surface area contributed by atoms with Gasteiger partial charge in [-0.1, -0.05) is 23.2 Å². The van der Waals surface area contributed by atoms with Crippen molar-refractivity contribution in [3.63, 3.8) is 0 Å². The zero-order valence-electron chi connectivity index (χ0n) is 10.2. The van der Waals surface area contributed by atoms with Gasteiger partial charge in [0, 0.05) is 34.5 Å². The Morgan fingerprint density at radius 2 is 1.05 bits per heavy atom. The monoisotopic (exact) mass is 290 g/mol. The molecule has 0 atom stereocenters. The lowest BCUT2D eigenvalue weighted by Crippen LogP contribution is -2.18. The quantitative estimate of drug-likeness (QED) is 0.813. The molecule has 1 aliphatic rings. The molecule has 0 bridgehead atoms. The molecule has 2 nitrogen and oxygen atoms in total. The highest BCUT2D eigenvalue weighted by atomic mass is 35.5. The molecule has 0 spiro atoms. The minimum Gasteiger partial charge on any atom is -0.339 e. The molecule has 0 aromatic heterocycles. The number of rotatable bonds is 2. The summed E-state index contributed by atoms with van der Waals surface area (Å²) in [6, 6.07) is 15.6. The van der Waals surface area contributed by atoms with Gasteiger partial charge in [0.05, 0.1) is 0 Å². The van der Waals surface area contributed by atoms with Crippen LogP contribution in [0, 0.1) is 6.67 Å². The minimum absolute atomic E-state index is 0.748. The SMILES string of the molecule is Clc1ccc(N2[C]N(c3ccc(Cl)cc3)CC2)cc1. The summed E-state index contributed by atoms with van der Waals surface area (Å²) in [6.45, 7) is 5.16. The van der Waals surface area contributed by atoms with Crippen molar-refractivity contribution in [1.29, 1.82) is 0 Å². The van der Waals surface area contributed by atoms with Gasteiger partial charge in [0.2, 0.25) is 6.67 Å². The van der Waals surface area contributed by atoms with Crippen molar-refractivity contribution in [1.82, 2.24) is 0 Å². The van der Waals surface area contributed by atoms with E-state index in [-0.39, 0.29) is 0 Å². The Balaban J connectivity index is 1.73. The Hall–Kier alpha value is -1.38. The van der Waals surface area contributed by atoms with Gasteiger partial charge in [0.25, 0.3) is 0 Å². The molecule has 96 valence electrons. The van der Waals surface area contributed by atoms with Crippen LogP contribution >= 0.6 is 23.2 Å². The number of hydrogen-bond donors (Lipinski definition) is 0. The van der Waals surface area contributed by atoms with Gasteiger partial charge in [-0.3, -0.25) is 0 Å². The Morgan fingerprint density at radius 1 is 0.684 bits per heavy atom. The van der Waals surface area contributed by atoms with E-state index in [2.05, 4.69) is 16.5 Å². The predicted molar refractivity (Wildman–Crippen MR) is 80.8 cm³/mol. The average molecular weight is 291 g/mol. The third-order valence-electron chi connectivity index (χ3n) is 3.07. The molecule has 2 radical (unpaired) electrons. The molecule has 0 unspecified atom stereocenters. The Bertz CT molecular complexity index is 500. The number of anilines is 2. The summed E-state index contributed by atoms with van der Waals surface area (Å²) < 4.78 is 0. The van der Waals surface area contributed by atoms with E-state index in [9.17, 15) is 0 Å². The molecule has 1 saturated heterocycles. The average Bonchev–Trinajstić information content (AvgIpc) is 2.90. The molecular weight excluding hydrogens is 279 g/mol. The third kappa shape index (κ3) is 2.80. The number of halogens is 2. The van der Waals surface area contributed by atoms with E-state index in [1.54, 1.807) is 0 Å². The topological polar surface area (TPSA) is 6.48 Å². The lowest BCUT2D eigenvalue weighted by atomic mass is 10.3. The van der Waals surface area contributed by atoms with Crippen LogP contribution in [0.3, 0.4) is 0 Å². The molecular formula is C15H12Cl2N2. The zero-order chi connectivity index (χ0) is 13.2. The van der Waals surface area contributed by atoms with E-state index >= 15 is 0 Å². The summed E-state index contributed by atoms with van der Waals surface area (Å²) in [5.41, 5.74) is 2.20. The molecule has 1 aliphatic heterocycles. The van der Waals surface area contributed by atoms with E-state index in [4.69, 9.17) is 23.2 Å². The van der Waals surface area contributed by atoms with Crippen molar-refractivity contribution in [2.24, 2.45) is 0 Å². The van der Waals surface area contributed by atoms with Crippen molar-refractivity contribution in [2.75, 3.05) is 22.9 Å². The highest BCUT2D eigenvalue weighted by Gasteiger charge is 2.22. The van der Waals surface area contributed by atoms with E-state index in [1.165, 1.54) is 0 Å². The Labute approximate surface area is 123 Å². The summed E-state index contributed by atoms with van der Waals surface area (Å²) in [5, 5.41) is 1.50. The predicted octanol–water partition coefficient (Wildman–Crippen LogP) is 4.32. The van der Waals surface area contributed by atoms with Crippen LogP contribution in [0.1, 0.15) is 0 Å². The first-order valence-corrected chi connectivity index (χ1v) is 6.80. The second kappa shape index (κ2) is 5.32. The van der Waals surface area contributed by atoms with Gasteiger partial charge in [-0.2, -0.15) is 0 Å². The van der Waals surface area contributed by atoms with E-state index in [1.807, 2.05) is 48.5 Å². The van der Waals surface area contributed by atoms with Gasteiger partial charge in [0.15, 0.2) is 0 Å². The van der Waals surface area contributed by atoms with Gasteiger partial charge in [-0.15, -0.1) is 0 Å². The molecule has 1 heterocycles. The zero-order valence-corrected chi connectivity index (χ0v) is 11.7. The molecule has 0 saturated carbocycles. The van der Waals surface area contributed by atoms with Gasteiger partial charge in [-0.05, 0) is 48.5 Å². The minimum atomic E-state index is 0.748. The summed E-state index contributed by atoms with van der Waals surface area (Å²) in [6.07, 6.45) is 0. The largest absolute Gasteiger partial charge is 0.339 e. The first-order valence-electron chi connectivity index (χ1n) is 6.05. The van der Waals surface area contributed by atoms with E-state index < -0.39 is 0 Å². The molecule has 0 aliphatic carbocycles. The molecule has 0 amide bonds. The summed E-state index contributed by atoms with van der Waals surface area (Å²) in [5.74, 6) is 0. The van der Waals surface area contributed by atoms with Crippen molar-refractivity contribution in [3.05, 3.63) is 65.2 Å². The van der Waals surface area contributed by atoms with Crippen LogP contribution in [-0.4, -0.2) is 13.1 Å². The highest BCUT2D eigenvalue weighted by molar-refractivity contribution is 6.30. The fourth-order valence-electron chi connectivity index (χ4n) is 2.06. The molecule has 19 heavy (non-hydrogen) atoms. The van der Waals surface area contributed by atoms with Gasteiger partial charge in [-0.25, -0.2) is 0 Å². The highest BCUT2D eigenvalue weighted by Crippen LogP contribution is 2.27. The maximum Gasteiger partial charge on any atom is 0.208 e. The lowest BCUT2D eigenvalue weighted by Gasteiger charge is -2.19. The van der Waals surface area contributed by atoms with Crippen molar-refractivity contribution in [3.8, 4) is 0 Å². The number of nitrogens with zero attached hydrogens (tertiary/aromatic N) is 2. The van der Waals surface area contributed by atoms with Gasteiger partial charge < -0.3 is 9.80 Å². The van der Waals surface area contributed by atoms with E-state index in [0.29, 0.717) is 0 Å². The second-order valence-corrected chi connectivity index (χ2v) is 5.23. The molecule has 2 aromatic rings. The van der Waals surface area contributed by atoms with Crippen LogP contribution in [-0.2, 0) is 0 Å². The Kier molecular flexibility index (Phi) is 3.54. The van der Waals surface area contributed by atoms with Crippen LogP contribution in [0.25, 0.3) is 0 Å². The normalized spacial score (nSPS) is 15.1. The van der Waals surface area contributed by atoms with Crippen LogP contribution in [0.4, 0.5) is 11.4 Å². The van der Waals surface area contributed by atoms with Crippen molar-refractivity contribution >= 4 is 34.6 Å². The summed E-state index contributed by atoms with van der Waals surface area (Å²) >= 11 is 11.8. The smallest absolute Gasteiger partial charge is 0.208 e. The van der Waals surface area contributed by atoms with Crippen LogP contribution in [0.5, 0.6) is 0 Å². The first kappa shape index (κ1) is 12.6. The molecule has 1 fully saturated rings. The first-order chi connectivity index (χ1) is 9.22. The number of benzene rings is 2. The maximum atomic E-state index is 5.90.